The van der Waals surface area contributed by atoms with Gasteiger partial charge in [-0.3, -0.25) is 0 Å². The second kappa shape index (κ2) is 7.78. The summed E-state index contributed by atoms with van der Waals surface area (Å²) in [5.41, 5.74) is 0. The Kier molecular flexibility index (Phi) is 7.45. The average molecular weight is 198 g/mol. The molecular weight excluding hydrogens is 176 g/mol. The first kappa shape index (κ1) is 13.4. The van der Waals surface area contributed by atoms with E-state index in [1.807, 2.05) is 6.92 Å². The Balaban J connectivity index is 3.68. The minimum Gasteiger partial charge on any atom is -0.376 e. The summed E-state index contributed by atoms with van der Waals surface area (Å²) >= 11 is 0. The summed E-state index contributed by atoms with van der Waals surface area (Å²) in [5, 5.41) is 11.9. The minimum atomic E-state index is -0.170. The van der Waals surface area contributed by atoms with E-state index in [0.717, 1.165) is 13.0 Å². The monoisotopic (exact) mass is 198 g/mol. The van der Waals surface area contributed by atoms with Crippen molar-refractivity contribution >= 4 is 0 Å². The van der Waals surface area contributed by atoms with Crippen LogP contribution in [0.5, 0.6) is 0 Å². The van der Waals surface area contributed by atoms with Crippen molar-refractivity contribution in [3.05, 3.63) is 0 Å². The molecule has 0 aliphatic carbocycles. The van der Waals surface area contributed by atoms with Crippen LogP contribution < -0.4 is 5.32 Å². The maximum absolute atomic E-state index is 8.81. The van der Waals surface area contributed by atoms with Crippen LogP contribution in [-0.2, 0) is 4.74 Å². The van der Waals surface area contributed by atoms with Crippen LogP contribution in [0.1, 0.15) is 34.1 Å². The number of hydrogen-bond acceptors (Lipinski definition) is 3. The highest BCUT2D eigenvalue weighted by molar-refractivity contribution is 4.89. The average Bonchev–Trinajstić information content (AvgIpc) is 2.17. The fourth-order valence-corrected chi connectivity index (χ4v) is 0.901. The molecule has 2 unspecified atom stereocenters. The number of hydrogen-bond donors (Lipinski definition) is 1. The van der Waals surface area contributed by atoms with E-state index in [2.05, 4.69) is 32.2 Å². The van der Waals surface area contributed by atoms with Gasteiger partial charge in [-0.05, 0) is 25.8 Å². The van der Waals surface area contributed by atoms with Crippen LogP contribution in [0.4, 0.5) is 0 Å². The largest absolute Gasteiger partial charge is 0.376 e. The van der Waals surface area contributed by atoms with Crippen LogP contribution in [0.25, 0.3) is 0 Å². The summed E-state index contributed by atoms with van der Waals surface area (Å²) in [6.07, 6.45) is 1.26. The molecule has 0 fully saturated rings. The maximum atomic E-state index is 8.81. The van der Waals surface area contributed by atoms with Gasteiger partial charge >= 0.3 is 0 Å². The van der Waals surface area contributed by atoms with E-state index in [9.17, 15) is 0 Å². The summed E-state index contributed by atoms with van der Waals surface area (Å²) in [7, 11) is 0. The van der Waals surface area contributed by atoms with Gasteiger partial charge in [0.15, 0.2) is 0 Å². The molecule has 0 aromatic rings. The highest BCUT2D eigenvalue weighted by atomic mass is 16.5. The lowest BCUT2D eigenvalue weighted by Gasteiger charge is -2.19. The molecule has 1 N–H and O–H groups in total. The van der Waals surface area contributed by atoms with E-state index in [1.165, 1.54) is 0 Å². The third-order valence-corrected chi connectivity index (χ3v) is 2.26. The van der Waals surface area contributed by atoms with Crippen molar-refractivity contribution in [2.24, 2.45) is 5.92 Å². The van der Waals surface area contributed by atoms with Crippen LogP contribution >= 0.6 is 0 Å². The highest BCUT2D eigenvalue weighted by Crippen LogP contribution is 2.05. The molecule has 0 saturated heterocycles. The molecule has 0 aliphatic rings. The van der Waals surface area contributed by atoms with Gasteiger partial charge in [-0.25, -0.2) is 0 Å². The summed E-state index contributed by atoms with van der Waals surface area (Å²) < 4.78 is 5.57. The Labute approximate surface area is 87.4 Å². The van der Waals surface area contributed by atoms with Gasteiger partial charge in [0.2, 0.25) is 0 Å². The predicted molar refractivity (Wildman–Crippen MR) is 57.9 cm³/mol. The van der Waals surface area contributed by atoms with Gasteiger partial charge in [0.1, 0.15) is 6.04 Å². The summed E-state index contributed by atoms with van der Waals surface area (Å²) in [6.45, 7) is 9.71. The van der Waals surface area contributed by atoms with Crippen molar-refractivity contribution in [2.75, 3.05) is 13.2 Å². The van der Waals surface area contributed by atoms with Crippen LogP contribution in [-0.4, -0.2) is 25.3 Å². The Morgan fingerprint density at radius 3 is 2.43 bits per heavy atom. The third kappa shape index (κ3) is 5.95. The topological polar surface area (TPSA) is 45.0 Å². The number of ether oxygens (including phenoxy) is 1. The number of nitrogens with one attached hydrogen (secondary N) is 1. The zero-order valence-electron chi connectivity index (χ0n) is 9.71. The molecular formula is C11H22N2O. The molecule has 0 spiro atoms. The molecule has 0 saturated carbocycles. The third-order valence-electron chi connectivity index (χ3n) is 2.26. The minimum absolute atomic E-state index is 0.170. The molecule has 0 aromatic carbocycles. The van der Waals surface area contributed by atoms with Crippen molar-refractivity contribution < 1.29 is 4.74 Å². The lowest BCUT2D eigenvalue weighted by atomic mass is 10.1. The van der Waals surface area contributed by atoms with Crippen LogP contribution in [0.3, 0.4) is 0 Å². The van der Waals surface area contributed by atoms with Gasteiger partial charge in [-0.15, -0.1) is 0 Å². The predicted octanol–water partition coefficient (Wildman–Crippen LogP) is 1.94. The fraction of sp³-hybridized carbons (Fsp3) is 0.909. The highest BCUT2D eigenvalue weighted by Gasteiger charge is 2.11. The second-order valence-corrected chi connectivity index (χ2v) is 3.92. The first-order valence-electron chi connectivity index (χ1n) is 5.36. The first-order valence-corrected chi connectivity index (χ1v) is 5.36. The molecule has 2 atom stereocenters. The summed E-state index contributed by atoms with van der Waals surface area (Å²) in [6, 6.07) is 2.02. The Bertz CT molecular complexity index is 175. The SMILES string of the molecule is CCCNC(C#N)COC(C)C(C)C. The summed E-state index contributed by atoms with van der Waals surface area (Å²) in [4.78, 5) is 0. The molecule has 0 aliphatic heterocycles. The van der Waals surface area contributed by atoms with E-state index in [-0.39, 0.29) is 12.1 Å². The molecule has 0 amide bonds. The van der Waals surface area contributed by atoms with E-state index in [1.54, 1.807) is 0 Å². The zero-order valence-corrected chi connectivity index (χ0v) is 9.71. The molecule has 3 heteroatoms. The van der Waals surface area contributed by atoms with Crippen molar-refractivity contribution in [2.45, 2.75) is 46.3 Å². The van der Waals surface area contributed by atoms with Crippen molar-refractivity contribution in [1.29, 1.82) is 5.26 Å². The van der Waals surface area contributed by atoms with Gasteiger partial charge in [0.05, 0.1) is 18.8 Å². The van der Waals surface area contributed by atoms with E-state index < -0.39 is 0 Å². The molecule has 0 radical (unpaired) electrons. The zero-order chi connectivity index (χ0) is 11.0. The van der Waals surface area contributed by atoms with Gasteiger partial charge in [0, 0.05) is 0 Å². The van der Waals surface area contributed by atoms with E-state index >= 15 is 0 Å². The maximum Gasteiger partial charge on any atom is 0.119 e. The lowest BCUT2D eigenvalue weighted by Crippen LogP contribution is -2.34. The van der Waals surface area contributed by atoms with Gasteiger partial charge in [-0.1, -0.05) is 20.8 Å². The second-order valence-electron chi connectivity index (χ2n) is 3.92. The Morgan fingerprint density at radius 2 is 2.00 bits per heavy atom. The lowest BCUT2D eigenvalue weighted by molar-refractivity contribution is 0.0293. The number of rotatable bonds is 7. The van der Waals surface area contributed by atoms with Crippen LogP contribution in [0, 0.1) is 17.2 Å². The quantitative estimate of drug-likeness (QED) is 0.680. The normalized spacial score (nSPS) is 15.1. The molecule has 3 nitrogen and oxygen atoms in total. The van der Waals surface area contributed by atoms with E-state index in [4.69, 9.17) is 10.00 Å². The van der Waals surface area contributed by atoms with Crippen LogP contribution in [0.15, 0.2) is 0 Å². The standard InChI is InChI=1S/C11H22N2O/c1-5-6-13-11(7-12)8-14-10(4)9(2)3/h9-11,13H,5-6,8H2,1-4H3. The number of nitrogens with zero attached hydrogens (tertiary/aromatic N) is 1. The van der Waals surface area contributed by atoms with Crippen molar-refractivity contribution in [3.63, 3.8) is 0 Å². The molecule has 14 heavy (non-hydrogen) atoms. The molecule has 0 rings (SSSR count). The molecule has 0 aromatic heterocycles. The Hall–Kier alpha value is -0.590. The Morgan fingerprint density at radius 1 is 1.36 bits per heavy atom. The molecule has 0 heterocycles. The van der Waals surface area contributed by atoms with Crippen molar-refractivity contribution in [1.82, 2.24) is 5.32 Å². The summed E-state index contributed by atoms with van der Waals surface area (Å²) in [5.74, 6) is 0.500. The number of nitriles is 1. The van der Waals surface area contributed by atoms with Gasteiger partial charge in [0.25, 0.3) is 0 Å². The van der Waals surface area contributed by atoms with E-state index in [0.29, 0.717) is 12.5 Å². The molecule has 0 bridgehead atoms. The van der Waals surface area contributed by atoms with Gasteiger partial charge in [-0.2, -0.15) is 5.26 Å². The first-order chi connectivity index (χ1) is 6.61. The van der Waals surface area contributed by atoms with Gasteiger partial charge < -0.3 is 10.1 Å². The fourth-order valence-electron chi connectivity index (χ4n) is 0.901. The molecule has 82 valence electrons. The smallest absolute Gasteiger partial charge is 0.119 e. The van der Waals surface area contributed by atoms with Crippen molar-refractivity contribution in [3.8, 4) is 6.07 Å². The van der Waals surface area contributed by atoms with Crippen LogP contribution in [0.2, 0.25) is 0 Å².